The number of carbonyl (C=O) groups is 1. The van der Waals surface area contributed by atoms with E-state index in [-0.39, 0.29) is 5.97 Å². The average Bonchev–Trinajstić information content (AvgIpc) is 2.37. The van der Waals surface area contributed by atoms with Gasteiger partial charge in [0.05, 0.1) is 13.7 Å². The van der Waals surface area contributed by atoms with E-state index < -0.39 is 6.04 Å². The Kier molecular flexibility index (Phi) is 6.15. The van der Waals surface area contributed by atoms with Crippen molar-refractivity contribution in [1.29, 1.82) is 0 Å². The van der Waals surface area contributed by atoms with Gasteiger partial charge in [0.1, 0.15) is 11.8 Å². The molecule has 4 nitrogen and oxygen atoms in total. The molecule has 1 unspecified atom stereocenters. The van der Waals surface area contributed by atoms with Gasteiger partial charge in [-0.05, 0) is 37.2 Å². The van der Waals surface area contributed by atoms with Crippen molar-refractivity contribution >= 4 is 21.9 Å². The fraction of sp³-hybridized carbons (Fsp3) is 0.462. The Morgan fingerprint density at radius 1 is 1.44 bits per heavy atom. The van der Waals surface area contributed by atoms with Gasteiger partial charge in [0.25, 0.3) is 0 Å². The Hall–Kier alpha value is -1.07. The highest BCUT2D eigenvalue weighted by Gasteiger charge is 2.23. The highest BCUT2D eigenvalue weighted by Crippen LogP contribution is 2.28. The number of benzene rings is 1. The van der Waals surface area contributed by atoms with Gasteiger partial charge >= 0.3 is 5.97 Å². The van der Waals surface area contributed by atoms with Crippen molar-refractivity contribution in [2.45, 2.75) is 19.9 Å². The van der Waals surface area contributed by atoms with Gasteiger partial charge in [-0.1, -0.05) is 22.9 Å². The van der Waals surface area contributed by atoms with Gasteiger partial charge in [0, 0.05) is 4.47 Å². The summed E-state index contributed by atoms with van der Waals surface area (Å²) in [5.74, 6) is 0.425. The van der Waals surface area contributed by atoms with Crippen LogP contribution < -0.4 is 10.1 Å². The topological polar surface area (TPSA) is 47.6 Å². The fourth-order valence-corrected chi connectivity index (χ4v) is 2.10. The minimum Gasteiger partial charge on any atom is -0.497 e. The molecule has 18 heavy (non-hydrogen) atoms. The predicted molar refractivity (Wildman–Crippen MR) is 73.7 cm³/mol. The van der Waals surface area contributed by atoms with Crippen molar-refractivity contribution in [3.8, 4) is 5.75 Å². The summed E-state index contributed by atoms with van der Waals surface area (Å²) in [7, 11) is 1.60. The summed E-state index contributed by atoms with van der Waals surface area (Å²) >= 11 is 3.45. The molecular formula is C13H18BrNO3. The Labute approximate surface area is 116 Å². The van der Waals surface area contributed by atoms with E-state index in [2.05, 4.69) is 21.2 Å². The molecule has 0 heterocycles. The molecule has 1 aromatic carbocycles. The molecule has 0 aliphatic heterocycles. The molecule has 1 aromatic rings. The van der Waals surface area contributed by atoms with Crippen LogP contribution in [-0.2, 0) is 9.53 Å². The molecule has 0 bridgehead atoms. The normalized spacial score (nSPS) is 12.0. The van der Waals surface area contributed by atoms with E-state index in [4.69, 9.17) is 9.47 Å². The molecule has 0 aliphatic carbocycles. The number of halogens is 1. The largest absolute Gasteiger partial charge is 0.497 e. The SMILES string of the molecule is CCNC(C(=O)OCC)c1cc(OC)ccc1Br. The van der Waals surface area contributed by atoms with Gasteiger partial charge in [-0.2, -0.15) is 0 Å². The van der Waals surface area contributed by atoms with Crippen molar-refractivity contribution in [1.82, 2.24) is 5.32 Å². The molecule has 0 amide bonds. The number of ether oxygens (including phenoxy) is 2. The molecule has 1 N–H and O–H groups in total. The number of methoxy groups -OCH3 is 1. The number of carbonyl (C=O) groups excluding carboxylic acids is 1. The van der Waals surface area contributed by atoms with Crippen molar-refractivity contribution in [2.24, 2.45) is 0 Å². The van der Waals surface area contributed by atoms with Crippen LogP contribution in [0.15, 0.2) is 22.7 Å². The maximum Gasteiger partial charge on any atom is 0.327 e. The van der Waals surface area contributed by atoms with E-state index in [1.54, 1.807) is 14.0 Å². The first-order valence-corrected chi connectivity index (χ1v) is 6.66. The molecule has 5 heteroatoms. The summed E-state index contributed by atoms with van der Waals surface area (Å²) in [4.78, 5) is 11.9. The van der Waals surface area contributed by atoms with Crippen molar-refractivity contribution in [3.63, 3.8) is 0 Å². The Bertz CT molecular complexity index is 409. The van der Waals surface area contributed by atoms with Gasteiger partial charge in [0.15, 0.2) is 0 Å². The molecule has 100 valence electrons. The molecule has 0 radical (unpaired) electrons. The Morgan fingerprint density at radius 2 is 2.17 bits per heavy atom. The minimum atomic E-state index is -0.487. The Morgan fingerprint density at radius 3 is 2.72 bits per heavy atom. The lowest BCUT2D eigenvalue weighted by atomic mass is 10.1. The first kappa shape index (κ1) is 15.0. The van der Waals surface area contributed by atoms with Gasteiger partial charge in [-0.15, -0.1) is 0 Å². The molecular weight excluding hydrogens is 298 g/mol. The second kappa shape index (κ2) is 7.38. The number of rotatable bonds is 6. The predicted octanol–water partition coefficient (Wildman–Crippen LogP) is 2.67. The molecule has 0 saturated carbocycles. The van der Waals surface area contributed by atoms with Crippen molar-refractivity contribution in [3.05, 3.63) is 28.2 Å². The lowest BCUT2D eigenvalue weighted by Gasteiger charge is -2.18. The third kappa shape index (κ3) is 3.71. The van der Waals surface area contributed by atoms with Gasteiger partial charge < -0.3 is 14.8 Å². The van der Waals surface area contributed by atoms with Crippen LogP contribution in [0.25, 0.3) is 0 Å². The number of hydrogen-bond acceptors (Lipinski definition) is 4. The minimum absolute atomic E-state index is 0.284. The first-order valence-electron chi connectivity index (χ1n) is 5.87. The molecule has 0 fully saturated rings. The monoisotopic (exact) mass is 315 g/mol. The highest BCUT2D eigenvalue weighted by atomic mass is 79.9. The molecule has 1 atom stereocenters. The second-order valence-corrected chi connectivity index (χ2v) is 4.48. The lowest BCUT2D eigenvalue weighted by molar-refractivity contribution is -0.145. The molecule has 0 aliphatic rings. The van der Waals surface area contributed by atoms with Gasteiger partial charge in [-0.25, -0.2) is 4.79 Å². The fourth-order valence-electron chi connectivity index (χ4n) is 1.62. The van der Waals surface area contributed by atoms with E-state index >= 15 is 0 Å². The van der Waals surface area contributed by atoms with Crippen LogP contribution in [0.1, 0.15) is 25.5 Å². The maximum atomic E-state index is 11.9. The second-order valence-electron chi connectivity index (χ2n) is 3.63. The zero-order chi connectivity index (χ0) is 13.5. The lowest BCUT2D eigenvalue weighted by Crippen LogP contribution is -2.30. The quantitative estimate of drug-likeness (QED) is 0.820. The van der Waals surface area contributed by atoms with Crippen LogP contribution in [0.3, 0.4) is 0 Å². The van der Waals surface area contributed by atoms with Gasteiger partial charge in [-0.3, -0.25) is 0 Å². The Balaban J connectivity index is 3.07. The number of likely N-dealkylation sites (N-methyl/N-ethyl adjacent to an activating group) is 1. The summed E-state index contributed by atoms with van der Waals surface area (Å²) in [5, 5.41) is 3.12. The molecule has 0 saturated heterocycles. The van der Waals surface area contributed by atoms with E-state index in [1.165, 1.54) is 0 Å². The number of hydrogen-bond donors (Lipinski definition) is 1. The van der Waals surface area contributed by atoms with Gasteiger partial charge in [0.2, 0.25) is 0 Å². The maximum absolute atomic E-state index is 11.9. The zero-order valence-electron chi connectivity index (χ0n) is 10.8. The van der Waals surface area contributed by atoms with E-state index in [0.717, 1.165) is 10.0 Å². The first-order chi connectivity index (χ1) is 8.63. The summed E-state index contributed by atoms with van der Waals surface area (Å²) in [6, 6.07) is 5.03. The third-order valence-corrected chi connectivity index (χ3v) is 3.17. The summed E-state index contributed by atoms with van der Waals surface area (Å²) in [6.07, 6.45) is 0. The van der Waals surface area contributed by atoms with Crippen molar-refractivity contribution < 1.29 is 14.3 Å². The van der Waals surface area contributed by atoms with Crippen LogP contribution in [0.2, 0.25) is 0 Å². The third-order valence-electron chi connectivity index (χ3n) is 2.44. The highest BCUT2D eigenvalue weighted by molar-refractivity contribution is 9.10. The summed E-state index contributed by atoms with van der Waals surface area (Å²) in [6.45, 7) is 4.78. The van der Waals surface area contributed by atoms with E-state index in [1.807, 2.05) is 25.1 Å². The summed E-state index contributed by atoms with van der Waals surface area (Å²) < 4.78 is 11.1. The summed E-state index contributed by atoms with van der Waals surface area (Å²) in [5.41, 5.74) is 0.814. The molecule has 1 rings (SSSR count). The zero-order valence-corrected chi connectivity index (χ0v) is 12.4. The van der Waals surface area contributed by atoms with Crippen LogP contribution in [0, 0.1) is 0 Å². The number of esters is 1. The number of nitrogens with one attached hydrogen (secondary N) is 1. The molecule has 0 aromatic heterocycles. The molecule has 0 spiro atoms. The van der Waals surface area contributed by atoms with Crippen LogP contribution in [-0.4, -0.2) is 26.2 Å². The average molecular weight is 316 g/mol. The van der Waals surface area contributed by atoms with Crippen molar-refractivity contribution in [2.75, 3.05) is 20.3 Å². The standard InChI is InChI=1S/C13H18BrNO3/c1-4-15-12(13(16)18-5-2)10-8-9(17-3)6-7-11(10)14/h6-8,12,15H,4-5H2,1-3H3. The smallest absolute Gasteiger partial charge is 0.327 e. The van der Waals surface area contributed by atoms with Crippen LogP contribution >= 0.6 is 15.9 Å². The van der Waals surface area contributed by atoms with Crippen LogP contribution in [0.4, 0.5) is 0 Å². The van der Waals surface area contributed by atoms with Crippen LogP contribution in [0.5, 0.6) is 5.75 Å². The van der Waals surface area contributed by atoms with E-state index in [9.17, 15) is 4.79 Å². The van der Waals surface area contributed by atoms with E-state index in [0.29, 0.717) is 18.9 Å².